The number of aliphatic hydroxyl groups excluding tert-OH is 2. The minimum Gasteiger partial charge on any atom is -0.394 e. The standard InChI is InChI=1S/C22H29N5O10/c1-10-6-25(21(33)23-19(10)31)17-4-13(30)15(35-17)8-27(12(3)29)37-14-5-18(36-16(14)9-28)26-7-11(2)20(32)24-22(26)34/h6-7,13-18,28,30H,4-5,8-9H2,1-3H3,(H,23,31,33)(H,24,32,34)/t13-,14-,15+,16+,17+,18+/m0/s1. The van der Waals surface area contributed by atoms with Crippen molar-refractivity contribution >= 4 is 5.91 Å². The Kier molecular flexibility index (Phi) is 7.61. The quantitative estimate of drug-likeness (QED) is 0.288. The van der Waals surface area contributed by atoms with Crippen LogP contribution in [0.2, 0.25) is 0 Å². The lowest BCUT2D eigenvalue weighted by Gasteiger charge is -2.28. The first-order valence-corrected chi connectivity index (χ1v) is 11.7. The maximum absolute atomic E-state index is 12.4. The summed E-state index contributed by atoms with van der Waals surface area (Å²) in [4.78, 5) is 70.4. The molecule has 2 saturated heterocycles. The van der Waals surface area contributed by atoms with E-state index in [-0.39, 0.29) is 30.5 Å². The molecule has 15 nitrogen and oxygen atoms in total. The summed E-state index contributed by atoms with van der Waals surface area (Å²) in [7, 11) is 0. The maximum atomic E-state index is 12.4. The summed E-state index contributed by atoms with van der Waals surface area (Å²) >= 11 is 0. The van der Waals surface area contributed by atoms with E-state index >= 15 is 0 Å². The molecule has 0 aromatic carbocycles. The number of ether oxygens (including phenoxy) is 2. The SMILES string of the molecule is CC(=O)N(C[C@H]1O[C@@H](n2cc(C)c(=O)[nH]c2=O)C[C@@H]1O)O[C@H]1C[C@H](n2cc(C)c(=O)[nH]c2=O)O[C@@H]1CO. The van der Waals surface area contributed by atoms with Crippen molar-refractivity contribution < 1.29 is 29.3 Å². The molecule has 0 unspecified atom stereocenters. The molecule has 15 heteroatoms. The minimum absolute atomic E-state index is 0.0319. The van der Waals surface area contributed by atoms with Gasteiger partial charge in [0.25, 0.3) is 11.1 Å². The van der Waals surface area contributed by atoms with Crippen LogP contribution in [-0.2, 0) is 19.1 Å². The number of aliphatic hydroxyl groups is 2. The van der Waals surface area contributed by atoms with Crippen LogP contribution in [0, 0.1) is 13.8 Å². The second-order valence-corrected chi connectivity index (χ2v) is 9.16. The number of rotatable bonds is 7. The zero-order chi connectivity index (χ0) is 27.0. The molecule has 2 aromatic rings. The topological polar surface area (TPSA) is 198 Å². The number of amides is 1. The summed E-state index contributed by atoms with van der Waals surface area (Å²) < 4.78 is 13.9. The van der Waals surface area contributed by atoms with Crippen LogP contribution >= 0.6 is 0 Å². The molecule has 202 valence electrons. The summed E-state index contributed by atoms with van der Waals surface area (Å²) in [5, 5.41) is 21.3. The van der Waals surface area contributed by atoms with Gasteiger partial charge in [-0.1, -0.05) is 0 Å². The van der Waals surface area contributed by atoms with Gasteiger partial charge in [-0.05, 0) is 13.8 Å². The van der Waals surface area contributed by atoms with Crippen molar-refractivity contribution in [3.63, 3.8) is 0 Å². The van der Waals surface area contributed by atoms with E-state index in [1.54, 1.807) is 0 Å². The van der Waals surface area contributed by atoms with Gasteiger partial charge >= 0.3 is 11.4 Å². The molecule has 4 N–H and O–H groups in total. The van der Waals surface area contributed by atoms with Crippen molar-refractivity contribution in [1.82, 2.24) is 24.2 Å². The number of carbonyl (C=O) groups excluding carboxylic acids is 1. The minimum atomic E-state index is -1.06. The largest absolute Gasteiger partial charge is 0.394 e. The van der Waals surface area contributed by atoms with Crippen LogP contribution < -0.4 is 22.5 Å². The second kappa shape index (κ2) is 10.5. The van der Waals surface area contributed by atoms with E-state index in [1.165, 1.54) is 42.3 Å². The van der Waals surface area contributed by atoms with E-state index in [2.05, 4.69) is 9.97 Å². The van der Waals surface area contributed by atoms with E-state index in [0.717, 1.165) is 5.06 Å². The first-order valence-electron chi connectivity index (χ1n) is 11.7. The Bertz CT molecular complexity index is 1390. The molecule has 0 saturated carbocycles. The normalized spacial score (nSPS) is 27.5. The lowest BCUT2D eigenvalue weighted by atomic mass is 10.1. The van der Waals surface area contributed by atoms with E-state index in [4.69, 9.17) is 14.3 Å². The van der Waals surface area contributed by atoms with Gasteiger partial charge in [0, 0.05) is 43.3 Å². The summed E-state index contributed by atoms with van der Waals surface area (Å²) in [6.45, 7) is 3.62. The van der Waals surface area contributed by atoms with Gasteiger partial charge < -0.3 is 19.7 Å². The summed E-state index contributed by atoms with van der Waals surface area (Å²) in [5.74, 6) is -0.520. The highest BCUT2D eigenvalue weighted by atomic mass is 16.7. The second-order valence-electron chi connectivity index (χ2n) is 9.16. The molecule has 1 amide bonds. The fraction of sp³-hybridized carbons (Fsp3) is 0.591. The van der Waals surface area contributed by atoms with Crippen LogP contribution in [0.15, 0.2) is 31.6 Å². The Morgan fingerprint density at radius 2 is 1.51 bits per heavy atom. The van der Waals surface area contributed by atoms with Gasteiger partial charge in [-0.15, -0.1) is 0 Å². The molecule has 6 atom stereocenters. The number of nitrogens with zero attached hydrogens (tertiary/aromatic N) is 3. The number of aromatic nitrogens is 4. The predicted octanol–water partition coefficient (Wildman–Crippen LogP) is -2.22. The van der Waals surface area contributed by atoms with Crippen molar-refractivity contribution in [3.05, 3.63) is 65.2 Å². The molecule has 0 spiro atoms. The number of aryl methyl sites for hydroxylation is 2. The Morgan fingerprint density at radius 1 is 1.00 bits per heavy atom. The molecule has 0 aliphatic carbocycles. The summed E-state index contributed by atoms with van der Waals surface area (Å²) in [6, 6.07) is 0. The van der Waals surface area contributed by atoms with E-state index in [0.29, 0.717) is 0 Å². The van der Waals surface area contributed by atoms with Gasteiger partial charge in [0.15, 0.2) is 0 Å². The van der Waals surface area contributed by atoms with Crippen LogP contribution in [0.3, 0.4) is 0 Å². The fourth-order valence-corrected chi connectivity index (χ4v) is 4.37. The number of hydrogen-bond acceptors (Lipinski definition) is 10. The van der Waals surface area contributed by atoms with Crippen molar-refractivity contribution in [3.8, 4) is 0 Å². The van der Waals surface area contributed by atoms with E-state index < -0.39 is 71.9 Å². The van der Waals surface area contributed by atoms with Gasteiger partial charge in [-0.3, -0.25) is 38.3 Å². The van der Waals surface area contributed by atoms with E-state index in [1.807, 2.05) is 0 Å². The molecule has 2 aliphatic heterocycles. The highest BCUT2D eigenvalue weighted by Crippen LogP contribution is 2.32. The third-order valence-electron chi connectivity index (χ3n) is 6.44. The first kappa shape index (κ1) is 26.7. The summed E-state index contributed by atoms with van der Waals surface area (Å²) in [6.07, 6.45) is -2.69. The fourth-order valence-electron chi connectivity index (χ4n) is 4.37. The number of nitrogens with one attached hydrogen (secondary N) is 2. The van der Waals surface area contributed by atoms with Crippen LogP contribution in [0.25, 0.3) is 0 Å². The molecule has 0 bridgehead atoms. The molecular formula is C22H29N5O10. The molecule has 2 fully saturated rings. The number of hydroxylamine groups is 2. The molecule has 37 heavy (non-hydrogen) atoms. The Labute approximate surface area is 208 Å². The molecule has 4 heterocycles. The molecular weight excluding hydrogens is 494 g/mol. The molecule has 4 rings (SSSR count). The number of H-pyrrole nitrogens is 2. The van der Waals surface area contributed by atoms with Crippen LogP contribution in [0.5, 0.6) is 0 Å². The monoisotopic (exact) mass is 523 g/mol. The molecule has 2 aliphatic rings. The third-order valence-corrected chi connectivity index (χ3v) is 6.44. The first-order chi connectivity index (χ1) is 17.5. The number of carbonyl (C=O) groups is 1. The Balaban J connectivity index is 1.47. The van der Waals surface area contributed by atoms with Gasteiger partial charge in [-0.2, -0.15) is 0 Å². The summed E-state index contributed by atoms with van der Waals surface area (Å²) in [5.41, 5.74) is -1.86. The van der Waals surface area contributed by atoms with Crippen molar-refractivity contribution in [1.29, 1.82) is 0 Å². The smallest absolute Gasteiger partial charge is 0.330 e. The third kappa shape index (κ3) is 5.50. The maximum Gasteiger partial charge on any atom is 0.330 e. The lowest BCUT2D eigenvalue weighted by molar-refractivity contribution is -0.225. The average molecular weight is 523 g/mol. The van der Waals surface area contributed by atoms with Gasteiger partial charge in [0.1, 0.15) is 30.8 Å². The van der Waals surface area contributed by atoms with Gasteiger partial charge in [-0.25, -0.2) is 14.7 Å². The lowest BCUT2D eigenvalue weighted by Crippen LogP contribution is -2.44. The zero-order valence-electron chi connectivity index (χ0n) is 20.4. The number of aromatic amines is 2. The van der Waals surface area contributed by atoms with Crippen molar-refractivity contribution in [2.45, 2.75) is 70.5 Å². The van der Waals surface area contributed by atoms with Crippen molar-refractivity contribution in [2.75, 3.05) is 13.2 Å². The van der Waals surface area contributed by atoms with Gasteiger partial charge in [0.2, 0.25) is 5.91 Å². The molecule has 2 aromatic heterocycles. The average Bonchev–Trinajstić information content (AvgIpc) is 3.41. The predicted molar refractivity (Wildman–Crippen MR) is 125 cm³/mol. The van der Waals surface area contributed by atoms with Crippen LogP contribution in [-0.4, -0.2) is 77.9 Å². The number of hydrogen-bond donors (Lipinski definition) is 4. The van der Waals surface area contributed by atoms with Crippen molar-refractivity contribution in [2.24, 2.45) is 0 Å². The highest BCUT2D eigenvalue weighted by molar-refractivity contribution is 5.72. The van der Waals surface area contributed by atoms with Crippen LogP contribution in [0.1, 0.15) is 43.3 Å². The Morgan fingerprint density at radius 3 is 2.03 bits per heavy atom. The molecule has 0 radical (unpaired) electrons. The van der Waals surface area contributed by atoms with Crippen LogP contribution in [0.4, 0.5) is 0 Å². The highest BCUT2D eigenvalue weighted by Gasteiger charge is 2.42. The zero-order valence-corrected chi connectivity index (χ0v) is 20.4. The van der Waals surface area contributed by atoms with Gasteiger partial charge in [0.05, 0.1) is 19.3 Å². The van der Waals surface area contributed by atoms with E-state index in [9.17, 15) is 34.2 Å². The Hall–Kier alpha value is -3.37.